The number of aliphatic carboxylic acids is 1. The molecular weight excluding hydrogens is 310 g/mol. The van der Waals surface area contributed by atoms with Crippen molar-refractivity contribution in [2.24, 2.45) is 0 Å². The lowest BCUT2D eigenvalue weighted by atomic mass is 9.92. The van der Waals surface area contributed by atoms with Gasteiger partial charge in [0.15, 0.2) is 0 Å². The first-order valence-corrected chi connectivity index (χ1v) is 8.44. The van der Waals surface area contributed by atoms with E-state index >= 15 is 0 Å². The topological polar surface area (TPSA) is 66.4 Å². The zero-order valence-corrected chi connectivity index (χ0v) is 13.4. The molecule has 2 N–H and O–H groups in total. The second-order valence-corrected chi connectivity index (χ2v) is 6.64. The summed E-state index contributed by atoms with van der Waals surface area (Å²) in [7, 11) is 0. The Kier molecular flexibility index (Phi) is 5.17. The van der Waals surface area contributed by atoms with E-state index in [-0.39, 0.29) is 12.3 Å². The highest BCUT2D eigenvalue weighted by Gasteiger charge is 2.37. The standard InChI is InChI=1S/C15H18ClNO3S/c1-21-10-4-5-12(16)11(8-10)14(20)17-15(9-13(18)19)6-2-3-7-15/h4-5,8H,2-3,6-7,9H2,1H3,(H,17,20)(H,18,19). The van der Waals surface area contributed by atoms with Gasteiger partial charge in [0.25, 0.3) is 5.91 Å². The van der Waals surface area contributed by atoms with Crippen molar-refractivity contribution in [2.75, 3.05) is 6.26 Å². The highest BCUT2D eigenvalue weighted by Crippen LogP contribution is 2.33. The van der Waals surface area contributed by atoms with E-state index in [1.807, 2.05) is 12.3 Å². The van der Waals surface area contributed by atoms with E-state index in [9.17, 15) is 9.59 Å². The number of carbonyl (C=O) groups excluding carboxylic acids is 1. The van der Waals surface area contributed by atoms with Crippen molar-refractivity contribution < 1.29 is 14.7 Å². The number of thioether (sulfide) groups is 1. The SMILES string of the molecule is CSc1ccc(Cl)c(C(=O)NC2(CC(=O)O)CCCC2)c1. The molecule has 0 unspecified atom stereocenters. The lowest BCUT2D eigenvalue weighted by Crippen LogP contribution is -2.47. The van der Waals surface area contributed by atoms with E-state index in [1.165, 1.54) is 11.8 Å². The molecule has 4 nitrogen and oxygen atoms in total. The molecule has 1 amide bonds. The van der Waals surface area contributed by atoms with Crippen molar-refractivity contribution >= 4 is 35.2 Å². The quantitative estimate of drug-likeness (QED) is 0.811. The largest absolute Gasteiger partial charge is 0.481 e. The normalized spacial score (nSPS) is 16.7. The fourth-order valence-corrected chi connectivity index (χ4v) is 3.44. The molecule has 1 aromatic rings. The summed E-state index contributed by atoms with van der Waals surface area (Å²) in [4.78, 5) is 24.5. The molecule has 0 atom stereocenters. The smallest absolute Gasteiger partial charge is 0.305 e. The Hall–Kier alpha value is -1.20. The molecule has 0 aliphatic heterocycles. The molecule has 1 aromatic carbocycles. The summed E-state index contributed by atoms with van der Waals surface area (Å²) in [6.45, 7) is 0. The van der Waals surface area contributed by atoms with Crippen LogP contribution in [0.1, 0.15) is 42.5 Å². The Labute approximate surface area is 133 Å². The average molecular weight is 328 g/mol. The average Bonchev–Trinajstić information content (AvgIpc) is 2.86. The van der Waals surface area contributed by atoms with Crippen molar-refractivity contribution in [1.82, 2.24) is 5.32 Å². The predicted molar refractivity (Wildman–Crippen MR) is 84.2 cm³/mol. The Bertz CT molecular complexity index is 556. The lowest BCUT2D eigenvalue weighted by molar-refractivity contribution is -0.138. The van der Waals surface area contributed by atoms with E-state index in [0.29, 0.717) is 23.4 Å². The second-order valence-electron chi connectivity index (χ2n) is 5.36. The number of carbonyl (C=O) groups is 2. The van der Waals surface area contributed by atoms with Gasteiger partial charge in [-0.25, -0.2) is 0 Å². The summed E-state index contributed by atoms with van der Waals surface area (Å²) in [5, 5.41) is 12.4. The molecule has 0 aromatic heterocycles. The highest BCUT2D eigenvalue weighted by atomic mass is 35.5. The number of hydrogen-bond donors (Lipinski definition) is 2. The third-order valence-electron chi connectivity index (χ3n) is 3.85. The van der Waals surface area contributed by atoms with E-state index in [0.717, 1.165) is 17.7 Å². The van der Waals surface area contributed by atoms with Crippen LogP contribution in [0.3, 0.4) is 0 Å². The monoisotopic (exact) mass is 327 g/mol. The molecule has 1 saturated carbocycles. The highest BCUT2D eigenvalue weighted by molar-refractivity contribution is 7.98. The van der Waals surface area contributed by atoms with Crippen molar-refractivity contribution in [3.05, 3.63) is 28.8 Å². The minimum absolute atomic E-state index is 0.0431. The van der Waals surface area contributed by atoms with Crippen LogP contribution in [-0.4, -0.2) is 28.8 Å². The molecule has 21 heavy (non-hydrogen) atoms. The molecular formula is C15H18ClNO3S. The summed E-state index contributed by atoms with van der Waals surface area (Å²) in [6.07, 6.45) is 5.15. The zero-order valence-electron chi connectivity index (χ0n) is 11.8. The van der Waals surface area contributed by atoms with Crippen LogP contribution >= 0.6 is 23.4 Å². The molecule has 0 bridgehead atoms. The third kappa shape index (κ3) is 3.92. The molecule has 6 heteroatoms. The molecule has 2 rings (SSSR count). The molecule has 0 heterocycles. The van der Waals surface area contributed by atoms with Gasteiger partial charge in [0.1, 0.15) is 0 Å². The van der Waals surface area contributed by atoms with Crippen molar-refractivity contribution in [3.8, 4) is 0 Å². The molecule has 1 aliphatic carbocycles. The van der Waals surface area contributed by atoms with Crippen LogP contribution in [0.4, 0.5) is 0 Å². The van der Waals surface area contributed by atoms with E-state index in [1.54, 1.807) is 12.1 Å². The van der Waals surface area contributed by atoms with Gasteiger partial charge in [0.05, 0.1) is 22.5 Å². The number of amides is 1. The molecule has 1 aliphatic rings. The Morgan fingerprint density at radius 2 is 2.05 bits per heavy atom. The Morgan fingerprint density at radius 1 is 1.38 bits per heavy atom. The zero-order chi connectivity index (χ0) is 15.5. The lowest BCUT2D eigenvalue weighted by Gasteiger charge is -2.29. The minimum atomic E-state index is -0.888. The fraction of sp³-hybridized carbons (Fsp3) is 0.467. The summed E-state index contributed by atoms with van der Waals surface area (Å²) < 4.78 is 0. The number of nitrogens with one attached hydrogen (secondary N) is 1. The maximum Gasteiger partial charge on any atom is 0.305 e. The summed E-state index contributed by atoms with van der Waals surface area (Å²) in [6, 6.07) is 5.29. The van der Waals surface area contributed by atoms with Gasteiger partial charge in [-0.3, -0.25) is 9.59 Å². The third-order valence-corrected chi connectivity index (χ3v) is 4.90. The number of benzene rings is 1. The summed E-state index contributed by atoms with van der Waals surface area (Å²) in [5.74, 6) is -1.18. The van der Waals surface area contributed by atoms with Gasteiger partial charge in [0, 0.05) is 4.90 Å². The molecule has 114 valence electrons. The summed E-state index contributed by atoms with van der Waals surface area (Å²) >= 11 is 7.63. The van der Waals surface area contributed by atoms with Crippen LogP contribution in [-0.2, 0) is 4.79 Å². The van der Waals surface area contributed by atoms with Crippen molar-refractivity contribution in [1.29, 1.82) is 0 Å². The van der Waals surface area contributed by atoms with Gasteiger partial charge in [-0.15, -0.1) is 11.8 Å². The molecule has 0 saturated heterocycles. The van der Waals surface area contributed by atoms with E-state index < -0.39 is 11.5 Å². The van der Waals surface area contributed by atoms with Gasteiger partial charge in [-0.2, -0.15) is 0 Å². The Morgan fingerprint density at radius 3 is 2.62 bits per heavy atom. The van der Waals surface area contributed by atoms with Crippen LogP contribution in [0, 0.1) is 0 Å². The van der Waals surface area contributed by atoms with Gasteiger partial charge < -0.3 is 10.4 Å². The molecule has 1 fully saturated rings. The molecule has 0 radical (unpaired) electrons. The van der Waals surface area contributed by atoms with Crippen molar-refractivity contribution in [3.63, 3.8) is 0 Å². The Balaban J connectivity index is 2.21. The van der Waals surface area contributed by atoms with Crippen molar-refractivity contribution in [2.45, 2.75) is 42.5 Å². The predicted octanol–water partition coefficient (Wildman–Crippen LogP) is 3.58. The number of hydrogen-bond acceptors (Lipinski definition) is 3. The van der Waals surface area contributed by atoms with Gasteiger partial charge in [-0.05, 0) is 37.3 Å². The number of halogens is 1. The van der Waals surface area contributed by atoms with Crippen LogP contribution in [0.2, 0.25) is 5.02 Å². The van der Waals surface area contributed by atoms with E-state index in [4.69, 9.17) is 16.7 Å². The first-order valence-electron chi connectivity index (χ1n) is 6.84. The number of carboxylic acids is 1. The second kappa shape index (κ2) is 6.71. The van der Waals surface area contributed by atoms with Gasteiger partial charge >= 0.3 is 5.97 Å². The van der Waals surface area contributed by atoms with Crippen LogP contribution in [0.25, 0.3) is 0 Å². The van der Waals surface area contributed by atoms with Crippen LogP contribution in [0.15, 0.2) is 23.1 Å². The van der Waals surface area contributed by atoms with Gasteiger partial charge in [-0.1, -0.05) is 24.4 Å². The maximum atomic E-state index is 12.5. The number of rotatable bonds is 5. The fourth-order valence-electron chi connectivity index (χ4n) is 2.80. The van der Waals surface area contributed by atoms with Crippen LogP contribution in [0.5, 0.6) is 0 Å². The van der Waals surface area contributed by atoms with Crippen LogP contribution < -0.4 is 5.32 Å². The minimum Gasteiger partial charge on any atom is -0.481 e. The first kappa shape index (κ1) is 16.2. The first-order chi connectivity index (χ1) is 9.96. The maximum absolute atomic E-state index is 12.5. The van der Waals surface area contributed by atoms with E-state index in [2.05, 4.69) is 5.32 Å². The molecule has 0 spiro atoms. The summed E-state index contributed by atoms with van der Waals surface area (Å²) in [5.41, 5.74) is -0.234. The number of carboxylic acid groups (broad SMARTS) is 1. The van der Waals surface area contributed by atoms with Gasteiger partial charge in [0.2, 0.25) is 0 Å².